The number of nitrogens with one attached hydrogen (secondary N) is 1. The Morgan fingerprint density at radius 1 is 0.521 bits per heavy atom. The molecule has 0 amide bonds. The van der Waals surface area contributed by atoms with Crippen LogP contribution >= 0.6 is 11.3 Å². The summed E-state index contributed by atoms with van der Waals surface area (Å²) in [5.74, 6) is 1.62. The number of fused-ring (bicyclic) bond motifs is 7. The molecule has 4 nitrogen and oxygen atoms in total. The van der Waals surface area contributed by atoms with Gasteiger partial charge in [0.05, 0.1) is 0 Å². The fourth-order valence-electron chi connectivity index (χ4n) is 7.03. The van der Waals surface area contributed by atoms with E-state index >= 15 is 0 Å². The molecule has 1 N–H and O–H groups in total. The van der Waals surface area contributed by atoms with Gasteiger partial charge in [-0.15, -0.1) is 11.3 Å². The summed E-state index contributed by atoms with van der Waals surface area (Å²) >= 11 is 1.81. The molecule has 48 heavy (non-hydrogen) atoms. The van der Waals surface area contributed by atoms with Crippen LogP contribution in [0.1, 0.15) is 22.9 Å². The van der Waals surface area contributed by atoms with E-state index in [1.54, 1.807) is 0 Å². The molecule has 226 valence electrons. The van der Waals surface area contributed by atoms with Crippen LogP contribution in [0.4, 0.5) is 0 Å². The Labute approximate surface area is 280 Å². The Balaban J connectivity index is 1.12. The van der Waals surface area contributed by atoms with E-state index in [2.05, 4.69) is 121 Å². The Morgan fingerprint density at radius 2 is 1.21 bits per heavy atom. The predicted octanol–water partition coefficient (Wildman–Crippen LogP) is 11.3. The molecule has 0 spiro atoms. The van der Waals surface area contributed by atoms with Gasteiger partial charge in [-0.05, 0) is 52.2 Å². The van der Waals surface area contributed by atoms with E-state index in [-0.39, 0.29) is 6.17 Å². The summed E-state index contributed by atoms with van der Waals surface area (Å²) < 4.78 is 8.71. The van der Waals surface area contributed by atoms with E-state index in [4.69, 9.17) is 14.4 Å². The van der Waals surface area contributed by atoms with Crippen LogP contribution in [0.2, 0.25) is 0 Å². The highest BCUT2D eigenvalue weighted by Crippen LogP contribution is 2.40. The largest absolute Gasteiger partial charge is 0.456 e. The lowest BCUT2D eigenvalue weighted by Crippen LogP contribution is -2.36. The van der Waals surface area contributed by atoms with Gasteiger partial charge in [0, 0.05) is 47.6 Å². The summed E-state index contributed by atoms with van der Waals surface area (Å²) in [4.78, 5) is 10.5. The SMILES string of the molecule is c1ccc(C2=NC(c3cccc4c3sc3ccccc34)N=C(c3ccc4ccc(-c5cccc6oc7ccccc7c56)cc4c3)N2)cc1. The number of rotatable bonds is 4. The monoisotopic (exact) mass is 633 g/mol. The summed E-state index contributed by atoms with van der Waals surface area (Å²) in [5.41, 5.74) is 7.27. The number of para-hydroxylation sites is 1. The standard InChI is InChI=1S/C43H27N3OS/c1-2-10-27(11-3-1)41-44-42(46-43(45-41)35-16-8-15-33-32-12-5-7-19-38(32)48-40(33)35)29-23-21-26-20-22-28(24-30(26)25-29)31-14-9-18-37-39(31)34-13-4-6-17-36(34)47-37/h1-25,43H,(H,44,45,46). The van der Waals surface area contributed by atoms with Crippen LogP contribution in [-0.4, -0.2) is 11.7 Å². The zero-order valence-corrected chi connectivity index (χ0v) is 26.5. The molecular weight excluding hydrogens is 607 g/mol. The van der Waals surface area contributed by atoms with Gasteiger partial charge in [-0.3, -0.25) is 0 Å². The molecule has 7 aromatic carbocycles. The Bertz CT molecular complexity index is 2770. The van der Waals surface area contributed by atoms with Gasteiger partial charge in [0.1, 0.15) is 22.8 Å². The summed E-state index contributed by atoms with van der Waals surface area (Å²) in [7, 11) is 0. The maximum atomic E-state index is 6.20. The van der Waals surface area contributed by atoms with E-state index in [1.165, 1.54) is 25.6 Å². The number of thiophene rings is 1. The molecule has 1 unspecified atom stereocenters. The Morgan fingerprint density at radius 3 is 2.10 bits per heavy atom. The minimum Gasteiger partial charge on any atom is -0.456 e. The number of hydrogen-bond donors (Lipinski definition) is 1. The molecule has 1 aliphatic heterocycles. The molecule has 0 aliphatic carbocycles. The maximum Gasteiger partial charge on any atom is 0.171 e. The lowest BCUT2D eigenvalue weighted by molar-refractivity contribution is 0.669. The summed E-state index contributed by atoms with van der Waals surface area (Å²) in [6.45, 7) is 0. The van der Waals surface area contributed by atoms with Crippen molar-refractivity contribution in [1.29, 1.82) is 0 Å². The van der Waals surface area contributed by atoms with Crippen molar-refractivity contribution in [3.05, 3.63) is 168 Å². The van der Waals surface area contributed by atoms with Crippen LogP contribution in [-0.2, 0) is 0 Å². The number of furan rings is 1. The van der Waals surface area contributed by atoms with Gasteiger partial charge in [0.15, 0.2) is 6.17 Å². The van der Waals surface area contributed by atoms with Gasteiger partial charge in [-0.1, -0.05) is 121 Å². The minimum atomic E-state index is -0.387. The predicted molar refractivity (Wildman–Crippen MR) is 201 cm³/mol. The third-order valence-electron chi connectivity index (χ3n) is 9.33. The molecule has 9 aromatic rings. The summed E-state index contributed by atoms with van der Waals surface area (Å²) in [6.07, 6.45) is -0.387. The van der Waals surface area contributed by atoms with E-state index in [9.17, 15) is 0 Å². The van der Waals surface area contributed by atoms with Crippen molar-refractivity contribution in [2.24, 2.45) is 9.98 Å². The second-order valence-corrected chi connectivity index (χ2v) is 13.2. The molecular formula is C43H27N3OS. The molecule has 0 saturated heterocycles. The van der Waals surface area contributed by atoms with Gasteiger partial charge < -0.3 is 9.73 Å². The second kappa shape index (κ2) is 10.8. The lowest BCUT2D eigenvalue weighted by atomic mass is 9.96. The number of hydrogen-bond acceptors (Lipinski definition) is 5. The smallest absolute Gasteiger partial charge is 0.171 e. The van der Waals surface area contributed by atoms with Crippen LogP contribution in [0, 0.1) is 0 Å². The highest BCUT2D eigenvalue weighted by molar-refractivity contribution is 7.26. The average molecular weight is 634 g/mol. The van der Waals surface area contributed by atoms with Gasteiger partial charge >= 0.3 is 0 Å². The highest BCUT2D eigenvalue weighted by Gasteiger charge is 2.23. The summed E-state index contributed by atoms with van der Waals surface area (Å²) in [5, 5.41) is 10.7. The first-order valence-electron chi connectivity index (χ1n) is 16.1. The van der Waals surface area contributed by atoms with Crippen molar-refractivity contribution < 1.29 is 4.42 Å². The van der Waals surface area contributed by atoms with Crippen LogP contribution in [0.25, 0.3) is 64.0 Å². The van der Waals surface area contributed by atoms with Gasteiger partial charge in [-0.2, -0.15) is 0 Å². The van der Waals surface area contributed by atoms with E-state index in [0.29, 0.717) is 0 Å². The minimum absolute atomic E-state index is 0.387. The van der Waals surface area contributed by atoms with Crippen LogP contribution in [0.5, 0.6) is 0 Å². The van der Waals surface area contributed by atoms with Crippen molar-refractivity contribution in [3.8, 4) is 11.1 Å². The molecule has 0 saturated carbocycles. The molecule has 5 heteroatoms. The Hall–Kier alpha value is -6.04. The lowest BCUT2D eigenvalue weighted by Gasteiger charge is -2.23. The third kappa shape index (κ3) is 4.36. The van der Waals surface area contributed by atoms with Gasteiger partial charge in [0.2, 0.25) is 0 Å². The maximum absolute atomic E-state index is 6.20. The van der Waals surface area contributed by atoms with Crippen molar-refractivity contribution in [1.82, 2.24) is 5.32 Å². The van der Waals surface area contributed by atoms with Crippen molar-refractivity contribution in [2.75, 3.05) is 0 Å². The third-order valence-corrected chi connectivity index (χ3v) is 10.6. The van der Waals surface area contributed by atoms with Gasteiger partial charge in [0.25, 0.3) is 0 Å². The number of aliphatic imine (C=N–C) groups is 2. The van der Waals surface area contributed by atoms with Crippen LogP contribution in [0.3, 0.4) is 0 Å². The molecule has 10 rings (SSSR count). The molecule has 1 aliphatic rings. The first-order chi connectivity index (χ1) is 23.8. The van der Waals surface area contributed by atoms with Gasteiger partial charge in [-0.25, -0.2) is 9.98 Å². The fourth-order valence-corrected chi connectivity index (χ4v) is 8.26. The second-order valence-electron chi connectivity index (χ2n) is 12.2. The first-order valence-corrected chi connectivity index (χ1v) is 16.9. The topological polar surface area (TPSA) is 49.9 Å². The van der Waals surface area contributed by atoms with Crippen LogP contribution < -0.4 is 5.32 Å². The molecule has 0 fully saturated rings. The molecule has 2 aromatic heterocycles. The highest BCUT2D eigenvalue weighted by atomic mass is 32.1. The summed E-state index contributed by atoms with van der Waals surface area (Å²) in [6, 6.07) is 53.3. The average Bonchev–Trinajstić information content (AvgIpc) is 3.73. The van der Waals surface area contributed by atoms with E-state index in [0.717, 1.165) is 66.8 Å². The zero-order chi connectivity index (χ0) is 31.6. The molecule has 0 radical (unpaired) electrons. The van der Waals surface area contributed by atoms with E-state index < -0.39 is 0 Å². The van der Waals surface area contributed by atoms with E-state index in [1.807, 2.05) is 47.7 Å². The van der Waals surface area contributed by atoms with Crippen molar-refractivity contribution >= 4 is 75.9 Å². The quantitative estimate of drug-likeness (QED) is 0.210. The first kappa shape index (κ1) is 27.1. The van der Waals surface area contributed by atoms with Crippen LogP contribution in [0.15, 0.2) is 166 Å². The number of nitrogens with zero attached hydrogens (tertiary/aromatic N) is 2. The Kier molecular flexibility index (Phi) is 6.08. The number of amidine groups is 2. The molecule has 1 atom stereocenters. The normalized spacial score (nSPS) is 14.9. The van der Waals surface area contributed by atoms with Crippen molar-refractivity contribution in [2.45, 2.75) is 6.17 Å². The molecule has 3 heterocycles. The van der Waals surface area contributed by atoms with Crippen molar-refractivity contribution in [3.63, 3.8) is 0 Å². The fraction of sp³-hybridized carbons (Fsp3) is 0.0233. The zero-order valence-electron chi connectivity index (χ0n) is 25.7. The molecule has 0 bridgehead atoms. The number of benzene rings is 7.